The molecule has 27 heavy (non-hydrogen) atoms. The number of benzene rings is 2. The molecule has 4 rings (SSSR count). The minimum atomic E-state index is -0.318. The summed E-state index contributed by atoms with van der Waals surface area (Å²) in [5, 5.41) is 1.07. The first-order chi connectivity index (χ1) is 12.8. The summed E-state index contributed by atoms with van der Waals surface area (Å²) in [7, 11) is 1.74. The third kappa shape index (κ3) is 2.97. The van der Waals surface area contributed by atoms with E-state index in [-0.39, 0.29) is 11.7 Å². The molecule has 0 fully saturated rings. The van der Waals surface area contributed by atoms with Crippen molar-refractivity contribution in [3.63, 3.8) is 0 Å². The number of H-pyrrole nitrogens is 2. The molecule has 0 saturated carbocycles. The van der Waals surface area contributed by atoms with E-state index >= 15 is 0 Å². The first-order valence-corrected chi connectivity index (χ1v) is 8.82. The van der Waals surface area contributed by atoms with Gasteiger partial charge in [0.2, 0.25) is 0 Å². The third-order valence-electron chi connectivity index (χ3n) is 4.95. The van der Waals surface area contributed by atoms with Gasteiger partial charge in [-0.2, -0.15) is 0 Å². The number of aromatic nitrogens is 3. The van der Waals surface area contributed by atoms with Crippen LogP contribution in [0.1, 0.15) is 33.0 Å². The van der Waals surface area contributed by atoms with Crippen LogP contribution in [0.3, 0.4) is 0 Å². The van der Waals surface area contributed by atoms with Crippen LogP contribution in [0.4, 0.5) is 4.39 Å². The number of hydrogen-bond donors (Lipinski definition) is 2. The van der Waals surface area contributed by atoms with E-state index in [0.717, 1.165) is 22.0 Å². The SMILES string of the molecule is Cc1cc(C)c2[nH]c(C(=O)N(C)Cc3nc4ccc(F)cc4[nH]3)c(C)c2c1. The van der Waals surface area contributed by atoms with Gasteiger partial charge in [0.1, 0.15) is 17.3 Å². The Balaban J connectivity index is 1.64. The highest BCUT2D eigenvalue weighted by molar-refractivity contribution is 6.01. The molecule has 6 heteroatoms. The monoisotopic (exact) mass is 364 g/mol. The summed E-state index contributed by atoms with van der Waals surface area (Å²) in [5.41, 5.74) is 6.12. The fraction of sp³-hybridized carbons (Fsp3) is 0.238. The topological polar surface area (TPSA) is 64.8 Å². The lowest BCUT2D eigenvalue weighted by atomic mass is 10.1. The molecule has 5 nitrogen and oxygen atoms in total. The van der Waals surface area contributed by atoms with Crippen LogP contribution >= 0.6 is 0 Å². The Morgan fingerprint density at radius 2 is 1.93 bits per heavy atom. The lowest BCUT2D eigenvalue weighted by Crippen LogP contribution is -2.27. The van der Waals surface area contributed by atoms with Gasteiger partial charge in [-0.25, -0.2) is 9.37 Å². The smallest absolute Gasteiger partial charge is 0.270 e. The van der Waals surface area contributed by atoms with E-state index in [1.807, 2.05) is 13.8 Å². The van der Waals surface area contributed by atoms with Crippen molar-refractivity contribution >= 4 is 27.8 Å². The number of nitrogens with zero attached hydrogens (tertiary/aromatic N) is 2. The maximum atomic E-state index is 13.3. The number of carbonyl (C=O) groups excluding carboxylic acids is 1. The molecular formula is C21H21FN4O. The number of rotatable bonds is 3. The average molecular weight is 364 g/mol. The van der Waals surface area contributed by atoms with Gasteiger partial charge >= 0.3 is 0 Å². The van der Waals surface area contributed by atoms with E-state index in [0.29, 0.717) is 29.1 Å². The molecule has 2 aromatic carbocycles. The zero-order valence-corrected chi connectivity index (χ0v) is 15.8. The number of fused-ring (bicyclic) bond motifs is 2. The van der Waals surface area contributed by atoms with Crippen LogP contribution in [0.5, 0.6) is 0 Å². The predicted molar refractivity (Wildman–Crippen MR) is 104 cm³/mol. The van der Waals surface area contributed by atoms with Crippen molar-refractivity contribution in [1.29, 1.82) is 0 Å². The van der Waals surface area contributed by atoms with Crippen molar-refractivity contribution in [3.05, 3.63) is 64.4 Å². The van der Waals surface area contributed by atoms with Crippen LogP contribution in [0, 0.1) is 26.6 Å². The fourth-order valence-electron chi connectivity index (χ4n) is 3.59. The highest BCUT2D eigenvalue weighted by Crippen LogP contribution is 2.27. The van der Waals surface area contributed by atoms with Crippen molar-refractivity contribution < 1.29 is 9.18 Å². The van der Waals surface area contributed by atoms with Gasteiger partial charge in [0.05, 0.1) is 17.6 Å². The predicted octanol–water partition coefficient (Wildman–Crippen LogP) is 4.38. The molecule has 0 aliphatic heterocycles. The largest absolute Gasteiger partial charge is 0.350 e. The minimum Gasteiger partial charge on any atom is -0.350 e. The second kappa shape index (κ2) is 6.23. The van der Waals surface area contributed by atoms with Gasteiger partial charge in [-0.15, -0.1) is 0 Å². The first kappa shape index (κ1) is 17.3. The minimum absolute atomic E-state index is 0.104. The average Bonchev–Trinajstić information content (AvgIpc) is 3.15. The van der Waals surface area contributed by atoms with Gasteiger partial charge in [-0.05, 0) is 56.2 Å². The summed E-state index contributed by atoms with van der Waals surface area (Å²) in [6.45, 7) is 6.36. The highest BCUT2D eigenvalue weighted by Gasteiger charge is 2.20. The molecule has 4 aromatic rings. The summed E-state index contributed by atoms with van der Waals surface area (Å²) < 4.78 is 13.3. The molecule has 0 bridgehead atoms. The summed E-state index contributed by atoms with van der Waals surface area (Å²) in [6.07, 6.45) is 0. The van der Waals surface area contributed by atoms with Crippen LogP contribution in [0.15, 0.2) is 30.3 Å². The van der Waals surface area contributed by atoms with Crippen molar-refractivity contribution in [2.45, 2.75) is 27.3 Å². The Morgan fingerprint density at radius 3 is 2.70 bits per heavy atom. The van der Waals surface area contributed by atoms with Gasteiger partial charge < -0.3 is 14.9 Å². The molecule has 0 spiro atoms. The van der Waals surface area contributed by atoms with Gasteiger partial charge in [-0.3, -0.25) is 4.79 Å². The van der Waals surface area contributed by atoms with Crippen LogP contribution in [0.25, 0.3) is 21.9 Å². The second-order valence-electron chi connectivity index (χ2n) is 7.14. The van der Waals surface area contributed by atoms with Gasteiger partial charge in [0.15, 0.2) is 0 Å². The summed E-state index contributed by atoms with van der Waals surface area (Å²) in [6, 6.07) is 8.60. The molecule has 1 amide bonds. The molecule has 2 aromatic heterocycles. The van der Waals surface area contributed by atoms with E-state index in [9.17, 15) is 9.18 Å². The number of carbonyl (C=O) groups is 1. The van der Waals surface area contributed by atoms with E-state index in [1.165, 1.54) is 17.7 Å². The molecule has 0 aliphatic rings. The highest BCUT2D eigenvalue weighted by atomic mass is 19.1. The number of nitrogens with one attached hydrogen (secondary N) is 2. The van der Waals surface area contributed by atoms with E-state index in [2.05, 4.69) is 34.0 Å². The van der Waals surface area contributed by atoms with Crippen LogP contribution < -0.4 is 0 Å². The quantitative estimate of drug-likeness (QED) is 0.567. The molecule has 0 aliphatic carbocycles. The van der Waals surface area contributed by atoms with E-state index in [1.54, 1.807) is 18.0 Å². The number of halogens is 1. The molecule has 0 radical (unpaired) electrons. The Bertz CT molecular complexity index is 1190. The lowest BCUT2D eigenvalue weighted by Gasteiger charge is -2.15. The Morgan fingerprint density at radius 1 is 1.15 bits per heavy atom. The van der Waals surface area contributed by atoms with Gasteiger partial charge in [-0.1, -0.05) is 11.6 Å². The zero-order valence-electron chi connectivity index (χ0n) is 15.8. The number of aryl methyl sites for hydroxylation is 3. The molecule has 0 saturated heterocycles. The normalized spacial score (nSPS) is 11.4. The summed E-state index contributed by atoms with van der Waals surface area (Å²) >= 11 is 0. The van der Waals surface area contributed by atoms with Crippen molar-refractivity contribution in [2.24, 2.45) is 0 Å². The van der Waals surface area contributed by atoms with Gasteiger partial charge in [0.25, 0.3) is 5.91 Å². The molecule has 138 valence electrons. The number of amides is 1. The summed E-state index contributed by atoms with van der Waals surface area (Å²) in [5.74, 6) is 0.195. The molecule has 2 N–H and O–H groups in total. The number of aromatic amines is 2. The fourth-order valence-corrected chi connectivity index (χ4v) is 3.59. The third-order valence-corrected chi connectivity index (χ3v) is 4.95. The van der Waals surface area contributed by atoms with Crippen molar-refractivity contribution in [3.8, 4) is 0 Å². The number of imidazole rings is 1. The Kier molecular flexibility index (Phi) is 3.98. The Labute approximate surface area is 156 Å². The molecular weight excluding hydrogens is 343 g/mol. The van der Waals surface area contributed by atoms with Crippen molar-refractivity contribution in [2.75, 3.05) is 7.05 Å². The lowest BCUT2D eigenvalue weighted by molar-refractivity contribution is 0.0776. The number of hydrogen-bond acceptors (Lipinski definition) is 2. The first-order valence-electron chi connectivity index (χ1n) is 8.82. The van der Waals surface area contributed by atoms with Crippen molar-refractivity contribution in [1.82, 2.24) is 19.9 Å². The molecule has 0 atom stereocenters. The molecule has 2 heterocycles. The van der Waals surface area contributed by atoms with E-state index < -0.39 is 0 Å². The zero-order chi connectivity index (χ0) is 19.3. The summed E-state index contributed by atoms with van der Waals surface area (Å²) in [4.78, 5) is 25.4. The Hall–Kier alpha value is -3.15. The van der Waals surface area contributed by atoms with E-state index in [4.69, 9.17) is 0 Å². The second-order valence-corrected chi connectivity index (χ2v) is 7.14. The maximum Gasteiger partial charge on any atom is 0.270 e. The van der Waals surface area contributed by atoms with Gasteiger partial charge in [0, 0.05) is 18.0 Å². The maximum absolute atomic E-state index is 13.3. The standard InChI is InChI=1S/C21H21FN4O/c1-11-7-12(2)19-15(8-11)13(3)20(25-19)21(27)26(4)10-18-23-16-6-5-14(22)9-17(16)24-18/h5-9,25H,10H2,1-4H3,(H,23,24). The van der Waals surface area contributed by atoms with Crippen LogP contribution in [0.2, 0.25) is 0 Å². The van der Waals surface area contributed by atoms with Crippen LogP contribution in [-0.4, -0.2) is 32.8 Å². The molecule has 0 unspecified atom stereocenters. The van der Waals surface area contributed by atoms with Crippen LogP contribution in [-0.2, 0) is 6.54 Å².